The van der Waals surface area contributed by atoms with Crippen LogP contribution in [0, 0.1) is 11.8 Å². The molecule has 0 aromatic heterocycles. The summed E-state index contributed by atoms with van der Waals surface area (Å²) in [5.41, 5.74) is 5.39. The van der Waals surface area contributed by atoms with Gasteiger partial charge in [0.25, 0.3) is 5.91 Å². The number of carbonyl (C=O) groups is 4. The molecule has 2 amide bonds. The minimum atomic E-state index is -4.17. The summed E-state index contributed by atoms with van der Waals surface area (Å²) in [7, 11) is -1.38. The Morgan fingerprint density at radius 2 is 1.77 bits per heavy atom. The number of hydrogen-bond acceptors (Lipinski definition) is 11. The van der Waals surface area contributed by atoms with Gasteiger partial charge in [-0.2, -0.15) is 8.42 Å². The maximum absolute atomic E-state index is 13.5. The van der Waals surface area contributed by atoms with Crippen LogP contribution in [0.4, 0.5) is 4.79 Å². The number of ketones is 2. The Morgan fingerprint density at radius 1 is 1.12 bits per heavy atom. The van der Waals surface area contributed by atoms with Crippen molar-refractivity contribution in [2.75, 3.05) is 20.5 Å². The zero-order valence-corrected chi connectivity index (χ0v) is 26.1. The molecule has 0 unspecified atom stereocenters. The Morgan fingerprint density at radius 3 is 2.33 bits per heavy atom. The number of Topliss-reactive ketones (excluding diaryl/α,β-unsaturated/α-hetero) is 1. The number of amides is 2. The number of aliphatic hydroxyl groups is 1. The molecule has 0 spiro atoms. The summed E-state index contributed by atoms with van der Waals surface area (Å²) in [4.78, 5) is 51.0. The normalized spacial score (nSPS) is 31.6. The molecular formula is C29H40N2O11S. The first-order chi connectivity index (χ1) is 20.0. The highest BCUT2D eigenvalue weighted by Gasteiger charge is 2.35. The van der Waals surface area contributed by atoms with E-state index >= 15 is 0 Å². The molecule has 0 aromatic carbocycles. The van der Waals surface area contributed by atoms with Crippen molar-refractivity contribution in [2.24, 2.45) is 17.6 Å². The maximum atomic E-state index is 13.5. The van der Waals surface area contributed by atoms with E-state index in [1.54, 1.807) is 26.8 Å². The Labute approximate surface area is 251 Å². The van der Waals surface area contributed by atoms with Gasteiger partial charge in [0.05, 0.1) is 24.2 Å². The van der Waals surface area contributed by atoms with Crippen LogP contribution >= 0.6 is 0 Å². The van der Waals surface area contributed by atoms with E-state index < -0.39 is 75.7 Å². The summed E-state index contributed by atoms with van der Waals surface area (Å²) in [5.74, 6) is -4.01. The van der Waals surface area contributed by atoms with Gasteiger partial charge in [0.1, 0.15) is 6.10 Å². The van der Waals surface area contributed by atoms with Crippen LogP contribution in [0.3, 0.4) is 0 Å². The molecule has 2 aliphatic rings. The SMILES string of the molecule is CO[C@H]1/C=C\C=C(/C)C(=O)NC2=CC(=O)C(OS(C)(=O)=O)=C(C[C@@H](C)C[C@H](OC)[C@H](O)[C@@H](C)/C=C(\C)[C@@H]1OC(N)=O)C2=O. The van der Waals surface area contributed by atoms with Crippen molar-refractivity contribution in [3.63, 3.8) is 0 Å². The monoisotopic (exact) mass is 624 g/mol. The number of fused-ring (bicyclic) bond motifs is 2. The van der Waals surface area contributed by atoms with Crippen LogP contribution in [-0.4, -0.2) is 82.0 Å². The molecule has 0 aromatic rings. The average molecular weight is 625 g/mol. The van der Waals surface area contributed by atoms with Crippen molar-refractivity contribution in [2.45, 2.75) is 65.0 Å². The van der Waals surface area contributed by atoms with E-state index in [1.807, 2.05) is 0 Å². The number of rotatable bonds is 5. The number of aliphatic hydroxyl groups excluding tert-OH is 1. The quantitative estimate of drug-likeness (QED) is 0.229. The lowest BCUT2D eigenvalue weighted by molar-refractivity contribution is -0.120. The average Bonchev–Trinajstić information content (AvgIpc) is 2.91. The molecular weight excluding hydrogens is 584 g/mol. The Balaban J connectivity index is 2.67. The lowest BCUT2D eigenvalue weighted by atomic mass is 9.85. The third-order valence-corrected chi connectivity index (χ3v) is 7.45. The first-order valence-electron chi connectivity index (χ1n) is 13.5. The number of nitrogens with two attached hydrogens (primary N) is 1. The third-order valence-electron chi connectivity index (χ3n) is 6.98. The fourth-order valence-electron chi connectivity index (χ4n) is 4.80. The maximum Gasteiger partial charge on any atom is 0.405 e. The van der Waals surface area contributed by atoms with Crippen LogP contribution in [0.15, 0.2) is 58.6 Å². The summed E-state index contributed by atoms with van der Waals surface area (Å²) in [6, 6.07) is 0. The molecule has 2 rings (SSSR count). The molecule has 0 saturated carbocycles. The summed E-state index contributed by atoms with van der Waals surface area (Å²) in [6.45, 7) is 6.61. The van der Waals surface area contributed by atoms with Crippen LogP contribution in [0.25, 0.3) is 0 Å². The molecule has 4 N–H and O–H groups in total. The number of hydrogen-bond donors (Lipinski definition) is 3. The Bertz CT molecular complexity index is 1370. The van der Waals surface area contributed by atoms with Gasteiger partial charge in [0, 0.05) is 37.4 Å². The van der Waals surface area contributed by atoms with E-state index in [1.165, 1.54) is 39.4 Å². The highest BCUT2D eigenvalue weighted by Crippen LogP contribution is 2.30. The van der Waals surface area contributed by atoms with E-state index in [-0.39, 0.29) is 29.7 Å². The first kappa shape index (κ1) is 35.6. The van der Waals surface area contributed by atoms with Crippen molar-refractivity contribution >= 4 is 33.7 Å². The van der Waals surface area contributed by atoms with Crippen LogP contribution < -0.4 is 11.1 Å². The Hall–Kier alpha value is -3.59. The molecule has 0 saturated heterocycles. The van der Waals surface area contributed by atoms with E-state index in [0.29, 0.717) is 5.57 Å². The van der Waals surface area contributed by atoms with Crippen molar-refractivity contribution in [3.8, 4) is 0 Å². The standard InChI is InChI=1S/C29H40N2O11S/c1-15-11-19-25(34)20(14-21(32)27(19)42-43(7,37)38)31-28(35)16(2)9-8-10-22(39-5)26(41-29(30)36)18(4)13-17(3)24(33)23(12-15)40-6/h8-10,13-15,17,22-24,26,33H,11-12H2,1-7H3,(H2,30,36)(H,31,35)/b10-8-,16-9+,18-13+/t15-,17+,22+,23+,24-,26+/m1/s1. The van der Waals surface area contributed by atoms with Crippen LogP contribution in [0.1, 0.15) is 40.5 Å². The van der Waals surface area contributed by atoms with Crippen molar-refractivity contribution in [3.05, 3.63) is 58.6 Å². The van der Waals surface area contributed by atoms with Gasteiger partial charge in [0.15, 0.2) is 11.9 Å². The molecule has 1 heterocycles. The number of primary amides is 1. The number of carbonyl (C=O) groups excluding carboxylic acids is 4. The fourth-order valence-corrected chi connectivity index (χ4v) is 5.29. The van der Waals surface area contributed by atoms with Crippen molar-refractivity contribution in [1.82, 2.24) is 5.32 Å². The number of methoxy groups -OCH3 is 2. The second-order valence-corrected chi connectivity index (χ2v) is 12.2. The summed E-state index contributed by atoms with van der Waals surface area (Å²) >= 11 is 0. The molecule has 6 atom stereocenters. The minimum absolute atomic E-state index is 0.125. The highest BCUT2D eigenvalue weighted by atomic mass is 32.2. The molecule has 1 aliphatic heterocycles. The largest absolute Gasteiger partial charge is 0.439 e. The molecule has 2 bridgehead atoms. The fraction of sp³-hybridized carbons (Fsp3) is 0.517. The second-order valence-electron chi connectivity index (χ2n) is 10.7. The van der Waals surface area contributed by atoms with Gasteiger partial charge in [-0.25, -0.2) is 4.79 Å². The van der Waals surface area contributed by atoms with Gasteiger partial charge >= 0.3 is 16.2 Å². The Kier molecular flexibility index (Phi) is 12.6. The predicted molar refractivity (Wildman–Crippen MR) is 155 cm³/mol. The van der Waals surface area contributed by atoms with Crippen LogP contribution in [-0.2, 0) is 42.9 Å². The van der Waals surface area contributed by atoms with E-state index in [0.717, 1.165) is 12.3 Å². The first-order valence-corrected chi connectivity index (χ1v) is 15.3. The lowest BCUT2D eigenvalue weighted by Crippen LogP contribution is -2.37. The third kappa shape index (κ3) is 9.99. The molecule has 13 nitrogen and oxygen atoms in total. The smallest absolute Gasteiger partial charge is 0.405 e. The molecule has 43 heavy (non-hydrogen) atoms. The summed E-state index contributed by atoms with van der Waals surface area (Å²) in [6.07, 6.45) is 3.06. The molecule has 0 radical (unpaired) electrons. The topological polar surface area (TPSA) is 198 Å². The highest BCUT2D eigenvalue weighted by molar-refractivity contribution is 7.86. The van der Waals surface area contributed by atoms with Gasteiger partial charge < -0.3 is 34.6 Å². The molecule has 238 valence electrons. The van der Waals surface area contributed by atoms with Crippen molar-refractivity contribution in [1.29, 1.82) is 0 Å². The predicted octanol–water partition coefficient (Wildman–Crippen LogP) is 1.74. The minimum Gasteiger partial charge on any atom is -0.439 e. The van der Waals surface area contributed by atoms with E-state index in [4.69, 9.17) is 24.1 Å². The number of ether oxygens (including phenoxy) is 3. The van der Waals surface area contributed by atoms with Gasteiger partial charge in [-0.05, 0) is 38.2 Å². The molecule has 1 aliphatic carbocycles. The lowest BCUT2D eigenvalue weighted by Gasteiger charge is -2.29. The molecule has 14 heteroatoms. The van der Waals surface area contributed by atoms with Crippen molar-refractivity contribution < 1.29 is 51.1 Å². The van der Waals surface area contributed by atoms with Crippen LogP contribution in [0.2, 0.25) is 0 Å². The van der Waals surface area contributed by atoms with Crippen LogP contribution in [0.5, 0.6) is 0 Å². The van der Waals surface area contributed by atoms with Gasteiger partial charge in [0.2, 0.25) is 11.6 Å². The molecule has 0 fully saturated rings. The van der Waals surface area contributed by atoms with Gasteiger partial charge in [-0.1, -0.05) is 38.2 Å². The van der Waals surface area contributed by atoms with Gasteiger partial charge in [-0.3, -0.25) is 14.4 Å². The van der Waals surface area contributed by atoms with Gasteiger partial charge in [-0.15, -0.1) is 0 Å². The summed E-state index contributed by atoms with van der Waals surface area (Å²) < 4.78 is 45.1. The zero-order chi connectivity index (χ0) is 32.6. The van der Waals surface area contributed by atoms with E-state index in [9.17, 15) is 32.7 Å². The second kappa shape index (κ2) is 15.2. The number of allylic oxidation sites excluding steroid dienone is 4. The number of nitrogens with one attached hydrogen (secondary N) is 1. The zero-order valence-electron chi connectivity index (χ0n) is 25.3. The van der Waals surface area contributed by atoms with E-state index in [2.05, 4.69) is 5.32 Å². The summed E-state index contributed by atoms with van der Waals surface area (Å²) in [5, 5.41) is 13.6.